The lowest BCUT2D eigenvalue weighted by molar-refractivity contribution is -0.137. The van der Waals surface area contributed by atoms with Crippen LogP contribution in [-0.4, -0.2) is 24.0 Å². The van der Waals surface area contributed by atoms with Crippen LogP contribution < -0.4 is 5.73 Å². The Morgan fingerprint density at radius 3 is 2.44 bits per heavy atom. The minimum absolute atomic E-state index is 0.253. The van der Waals surface area contributed by atoms with Crippen molar-refractivity contribution in [3.8, 4) is 0 Å². The molecule has 102 valence electrons. The molecule has 0 atom stereocenters. The van der Waals surface area contributed by atoms with E-state index >= 15 is 0 Å². The number of halogens is 3. The fourth-order valence-corrected chi connectivity index (χ4v) is 1.77. The topological polar surface area (TPSA) is 29.3 Å². The zero-order chi connectivity index (χ0) is 13.8. The second kappa shape index (κ2) is 6.20. The standard InChI is InChI=1S/C13H19F3N2/c1-10(2)18(7-6-17)9-11-4-3-5-12(8-11)13(14,15)16/h3-5,8,10H,6-7,9,17H2,1-2H3. The number of benzene rings is 1. The van der Waals surface area contributed by atoms with Gasteiger partial charge in [-0.3, -0.25) is 4.90 Å². The number of nitrogens with zero attached hydrogens (tertiary/aromatic N) is 1. The Kier molecular flexibility index (Phi) is 5.16. The van der Waals surface area contributed by atoms with Crippen molar-refractivity contribution in [2.24, 2.45) is 5.73 Å². The maximum absolute atomic E-state index is 12.6. The Balaban J connectivity index is 2.83. The molecular formula is C13H19F3N2. The van der Waals surface area contributed by atoms with E-state index in [1.807, 2.05) is 13.8 Å². The predicted octanol–water partition coefficient (Wildman–Crippen LogP) is 2.87. The van der Waals surface area contributed by atoms with Gasteiger partial charge < -0.3 is 5.73 Å². The Labute approximate surface area is 106 Å². The van der Waals surface area contributed by atoms with Crippen molar-refractivity contribution >= 4 is 0 Å². The molecule has 18 heavy (non-hydrogen) atoms. The molecule has 0 aliphatic carbocycles. The summed E-state index contributed by atoms with van der Waals surface area (Å²) in [7, 11) is 0. The first kappa shape index (κ1) is 15.0. The van der Waals surface area contributed by atoms with Crippen LogP contribution in [0.25, 0.3) is 0 Å². The monoisotopic (exact) mass is 260 g/mol. The van der Waals surface area contributed by atoms with Gasteiger partial charge in [0.15, 0.2) is 0 Å². The highest BCUT2D eigenvalue weighted by Crippen LogP contribution is 2.29. The van der Waals surface area contributed by atoms with Crippen LogP contribution >= 0.6 is 0 Å². The van der Waals surface area contributed by atoms with Crippen LogP contribution in [0.2, 0.25) is 0 Å². The molecule has 1 rings (SSSR count). The molecule has 0 aliphatic heterocycles. The molecule has 5 heteroatoms. The molecule has 2 N–H and O–H groups in total. The van der Waals surface area contributed by atoms with Crippen molar-refractivity contribution in [1.82, 2.24) is 4.90 Å². The van der Waals surface area contributed by atoms with Crippen molar-refractivity contribution < 1.29 is 13.2 Å². The zero-order valence-corrected chi connectivity index (χ0v) is 10.7. The second-order valence-corrected chi connectivity index (χ2v) is 4.55. The van der Waals surface area contributed by atoms with E-state index in [-0.39, 0.29) is 6.04 Å². The Bertz CT molecular complexity index is 375. The number of alkyl halides is 3. The van der Waals surface area contributed by atoms with Crippen LogP contribution in [0.5, 0.6) is 0 Å². The lowest BCUT2D eigenvalue weighted by Gasteiger charge is -2.26. The summed E-state index contributed by atoms with van der Waals surface area (Å²) in [5.41, 5.74) is 5.56. The highest BCUT2D eigenvalue weighted by molar-refractivity contribution is 5.25. The maximum atomic E-state index is 12.6. The molecule has 1 aromatic rings. The van der Waals surface area contributed by atoms with E-state index in [2.05, 4.69) is 4.90 Å². The maximum Gasteiger partial charge on any atom is 0.416 e. The van der Waals surface area contributed by atoms with E-state index in [0.29, 0.717) is 25.2 Å². The molecule has 0 unspecified atom stereocenters. The third kappa shape index (κ3) is 4.31. The summed E-state index contributed by atoms with van der Waals surface area (Å²) >= 11 is 0. The fourth-order valence-electron chi connectivity index (χ4n) is 1.77. The predicted molar refractivity (Wildman–Crippen MR) is 66.0 cm³/mol. The third-order valence-electron chi connectivity index (χ3n) is 2.79. The first-order valence-electron chi connectivity index (χ1n) is 5.95. The van der Waals surface area contributed by atoms with Gasteiger partial charge in [-0.2, -0.15) is 13.2 Å². The first-order valence-corrected chi connectivity index (χ1v) is 5.95. The van der Waals surface area contributed by atoms with Gasteiger partial charge in [-0.1, -0.05) is 18.2 Å². The molecule has 0 saturated carbocycles. The molecule has 0 fully saturated rings. The minimum Gasteiger partial charge on any atom is -0.329 e. The lowest BCUT2D eigenvalue weighted by Crippen LogP contribution is -2.34. The van der Waals surface area contributed by atoms with Gasteiger partial charge in [0.25, 0.3) is 0 Å². The molecule has 0 aromatic heterocycles. The van der Waals surface area contributed by atoms with Gasteiger partial charge in [-0.25, -0.2) is 0 Å². The minimum atomic E-state index is -4.29. The van der Waals surface area contributed by atoms with Crippen LogP contribution in [0.15, 0.2) is 24.3 Å². The van der Waals surface area contributed by atoms with Gasteiger partial charge in [0, 0.05) is 25.7 Å². The van der Waals surface area contributed by atoms with E-state index in [1.165, 1.54) is 12.1 Å². The smallest absolute Gasteiger partial charge is 0.329 e. The number of nitrogens with two attached hydrogens (primary N) is 1. The van der Waals surface area contributed by atoms with Crippen molar-refractivity contribution in [3.63, 3.8) is 0 Å². The Morgan fingerprint density at radius 2 is 1.94 bits per heavy atom. The van der Waals surface area contributed by atoms with Crippen LogP contribution in [0.3, 0.4) is 0 Å². The summed E-state index contributed by atoms with van der Waals surface area (Å²) in [5.74, 6) is 0. The molecule has 0 aliphatic rings. The quantitative estimate of drug-likeness (QED) is 0.882. The average molecular weight is 260 g/mol. The largest absolute Gasteiger partial charge is 0.416 e. The van der Waals surface area contributed by atoms with E-state index in [0.717, 1.165) is 6.07 Å². The third-order valence-corrected chi connectivity index (χ3v) is 2.79. The summed E-state index contributed by atoms with van der Waals surface area (Å²) in [6.07, 6.45) is -4.29. The van der Waals surface area contributed by atoms with Crippen molar-refractivity contribution in [1.29, 1.82) is 0 Å². The van der Waals surface area contributed by atoms with Crippen molar-refractivity contribution in [2.45, 2.75) is 32.6 Å². The summed E-state index contributed by atoms with van der Waals surface area (Å²) in [6, 6.07) is 5.70. The molecule has 0 bridgehead atoms. The van der Waals surface area contributed by atoms with Gasteiger partial charge in [-0.05, 0) is 25.5 Å². The summed E-state index contributed by atoms with van der Waals surface area (Å²) in [6.45, 7) is 5.66. The molecular weight excluding hydrogens is 241 g/mol. The molecule has 0 amide bonds. The van der Waals surface area contributed by atoms with Crippen LogP contribution in [0, 0.1) is 0 Å². The van der Waals surface area contributed by atoms with Crippen molar-refractivity contribution in [2.75, 3.05) is 13.1 Å². The van der Waals surface area contributed by atoms with Gasteiger partial charge >= 0.3 is 6.18 Å². The molecule has 0 radical (unpaired) electrons. The highest BCUT2D eigenvalue weighted by Gasteiger charge is 2.30. The normalized spacial score (nSPS) is 12.4. The zero-order valence-electron chi connectivity index (χ0n) is 10.7. The molecule has 2 nitrogen and oxygen atoms in total. The molecule has 0 spiro atoms. The van der Waals surface area contributed by atoms with E-state index in [4.69, 9.17) is 5.73 Å². The van der Waals surface area contributed by atoms with Gasteiger partial charge in [-0.15, -0.1) is 0 Å². The van der Waals surface area contributed by atoms with Crippen molar-refractivity contribution in [3.05, 3.63) is 35.4 Å². The summed E-state index contributed by atoms with van der Waals surface area (Å²) < 4.78 is 37.7. The van der Waals surface area contributed by atoms with Crippen LogP contribution in [0.4, 0.5) is 13.2 Å². The molecule has 0 heterocycles. The van der Waals surface area contributed by atoms with Crippen LogP contribution in [-0.2, 0) is 12.7 Å². The summed E-state index contributed by atoms with van der Waals surface area (Å²) in [5, 5.41) is 0. The Morgan fingerprint density at radius 1 is 1.28 bits per heavy atom. The van der Waals surface area contributed by atoms with E-state index < -0.39 is 11.7 Å². The summed E-state index contributed by atoms with van der Waals surface area (Å²) in [4.78, 5) is 2.05. The van der Waals surface area contributed by atoms with Crippen LogP contribution in [0.1, 0.15) is 25.0 Å². The first-order chi connectivity index (χ1) is 8.34. The number of rotatable bonds is 5. The van der Waals surface area contributed by atoms with E-state index in [9.17, 15) is 13.2 Å². The van der Waals surface area contributed by atoms with E-state index in [1.54, 1.807) is 6.07 Å². The number of hydrogen-bond acceptors (Lipinski definition) is 2. The molecule has 0 saturated heterocycles. The molecule has 1 aromatic carbocycles. The second-order valence-electron chi connectivity index (χ2n) is 4.55. The number of hydrogen-bond donors (Lipinski definition) is 1. The highest BCUT2D eigenvalue weighted by atomic mass is 19.4. The van der Waals surface area contributed by atoms with Gasteiger partial charge in [0.2, 0.25) is 0 Å². The average Bonchev–Trinajstić information content (AvgIpc) is 2.27. The SMILES string of the molecule is CC(C)N(CCN)Cc1cccc(C(F)(F)F)c1. The van der Waals surface area contributed by atoms with Gasteiger partial charge in [0.1, 0.15) is 0 Å². The van der Waals surface area contributed by atoms with Gasteiger partial charge in [0.05, 0.1) is 5.56 Å². The lowest BCUT2D eigenvalue weighted by atomic mass is 10.1. The Hall–Kier alpha value is -1.07. The fraction of sp³-hybridized carbons (Fsp3) is 0.538.